The molecule has 0 radical (unpaired) electrons. The average molecular weight is 216 g/mol. The molecule has 16 heavy (non-hydrogen) atoms. The van der Waals surface area contributed by atoms with Crippen molar-refractivity contribution in [3.8, 4) is 5.75 Å². The van der Waals surface area contributed by atoms with Gasteiger partial charge >= 0.3 is 5.97 Å². The number of phenols is 1. The zero-order valence-electron chi connectivity index (χ0n) is 8.11. The number of aromatic carboxylic acids is 1. The molecule has 5 heteroatoms. The van der Waals surface area contributed by atoms with E-state index in [1.807, 2.05) is 0 Å². The lowest BCUT2D eigenvalue weighted by Gasteiger charge is -1.92. The van der Waals surface area contributed by atoms with Gasteiger partial charge in [0.05, 0.1) is 0 Å². The lowest BCUT2D eigenvalue weighted by Crippen LogP contribution is -1.95. The molecule has 0 aliphatic heterocycles. The van der Waals surface area contributed by atoms with Crippen molar-refractivity contribution in [1.29, 1.82) is 0 Å². The van der Waals surface area contributed by atoms with Crippen molar-refractivity contribution in [2.24, 2.45) is 0 Å². The fourth-order valence-corrected chi connectivity index (χ4v) is 1.88. The molecule has 3 rings (SSSR count). The molecule has 0 spiro atoms. The second-order valence-electron chi connectivity index (χ2n) is 3.63. The van der Waals surface area contributed by atoms with E-state index < -0.39 is 5.97 Å². The number of fused-ring (bicyclic) bond motifs is 3. The number of H-pyrrole nitrogens is 2. The topological polar surface area (TPSA) is 89.1 Å². The molecule has 0 aliphatic carbocycles. The first-order valence-electron chi connectivity index (χ1n) is 4.72. The van der Waals surface area contributed by atoms with Crippen LogP contribution in [0.2, 0.25) is 0 Å². The summed E-state index contributed by atoms with van der Waals surface area (Å²) in [5.41, 5.74) is 1.64. The molecule has 1 aromatic carbocycles. The third kappa shape index (κ3) is 1.08. The predicted octanol–water partition coefficient (Wildman–Crippen LogP) is 2.05. The van der Waals surface area contributed by atoms with Crippen molar-refractivity contribution >= 4 is 27.9 Å². The lowest BCUT2D eigenvalue weighted by molar-refractivity contribution is 0.0691. The van der Waals surface area contributed by atoms with E-state index >= 15 is 0 Å². The Morgan fingerprint density at radius 2 is 1.94 bits per heavy atom. The van der Waals surface area contributed by atoms with Gasteiger partial charge in [0, 0.05) is 16.3 Å². The highest BCUT2D eigenvalue weighted by Gasteiger charge is 2.12. The quantitative estimate of drug-likeness (QED) is 0.502. The second-order valence-corrected chi connectivity index (χ2v) is 3.63. The Hall–Kier alpha value is -2.43. The van der Waals surface area contributed by atoms with Gasteiger partial charge in [-0.3, -0.25) is 0 Å². The molecular weight excluding hydrogens is 208 g/mol. The molecule has 2 heterocycles. The predicted molar refractivity (Wildman–Crippen MR) is 58.8 cm³/mol. The maximum Gasteiger partial charge on any atom is 0.352 e. The molecule has 0 saturated heterocycles. The number of phenolic OH excluding ortho intramolecular Hbond substituents is 1. The van der Waals surface area contributed by atoms with Crippen molar-refractivity contribution in [1.82, 2.24) is 9.97 Å². The fraction of sp³-hybridized carbons (Fsp3) is 0. The molecule has 0 saturated carbocycles. The second kappa shape index (κ2) is 2.79. The molecule has 0 unspecified atom stereocenters. The zero-order valence-corrected chi connectivity index (χ0v) is 8.11. The highest BCUT2D eigenvalue weighted by atomic mass is 16.4. The van der Waals surface area contributed by atoms with Gasteiger partial charge in [0.25, 0.3) is 0 Å². The number of aromatic nitrogens is 2. The average Bonchev–Trinajstić information content (AvgIpc) is 2.75. The Bertz CT molecular complexity index is 708. The summed E-state index contributed by atoms with van der Waals surface area (Å²) in [5, 5.41) is 19.8. The molecule has 0 fully saturated rings. The van der Waals surface area contributed by atoms with E-state index in [4.69, 9.17) is 5.11 Å². The number of benzene rings is 1. The standard InChI is InChI=1S/C11H8N2O3/c14-5-1-2-8-6(3-5)7-4-9(11(15)16)13-10(7)12-8/h1-4,12-14H,(H,15,16). The SMILES string of the molecule is O=C(O)c1cc2c([nH]1)[nH]c1ccc(O)cc12. The van der Waals surface area contributed by atoms with E-state index in [1.165, 1.54) is 0 Å². The number of nitrogens with one attached hydrogen (secondary N) is 2. The van der Waals surface area contributed by atoms with Gasteiger partial charge in [-0.1, -0.05) is 0 Å². The molecule has 80 valence electrons. The number of rotatable bonds is 1. The summed E-state index contributed by atoms with van der Waals surface area (Å²) in [6, 6.07) is 6.48. The summed E-state index contributed by atoms with van der Waals surface area (Å²) in [5.74, 6) is -0.843. The van der Waals surface area contributed by atoms with Crippen LogP contribution in [0.25, 0.3) is 21.9 Å². The summed E-state index contributed by atoms with van der Waals surface area (Å²) in [4.78, 5) is 16.6. The van der Waals surface area contributed by atoms with E-state index in [9.17, 15) is 9.90 Å². The zero-order chi connectivity index (χ0) is 11.3. The summed E-state index contributed by atoms with van der Waals surface area (Å²) in [7, 11) is 0. The lowest BCUT2D eigenvalue weighted by atomic mass is 10.2. The molecule has 0 amide bonds. The number of aromatic hydroxyl groups is 1. The fourth-order valence-electron chi connectivity index (χ4n) is 1.88. The van der Waals surface area contributed by atoms with Crippen LogP contribution in [0.1, 0.15) is 10.5 Å². The van der Waals surface area contributed by atoms with Gasteiger partial charge in [-0.25, -0.2) is 4.79 Å². The third-order valence-electron chi connectivity index (χ3n) is 2.60. The molecule has 4 N–H and O–H groups in total. The Labute approximate surface area is 89.3 Å². The van der Waals surface area contributed by atoms with Gasteiger partial charge in [0.1, 0.15) is 17.1 Å². The van der Waals surface area contributed by atoms with Crippen LogP contribution >= 0.6 is 0 Å². The van der Waals surface area contributed by atoms with Crippen molar-refractivity contribution in [2.45, 2.75) is 0 Å². The Morgan fingerprint density at radius 3 is 2.69 bits per heavy atom. The smallest absolute Gasteiger partial charge is 0.352 e. The van der Waals surface area contributed by atoms with Gasteiger partial charge in [0.15, 0.2) is 0 Å². The van der Waals surface area contributed by atoms with Crippen molar-refractivity contribution in [2.75, 3.05) is 0 Å². The molecular formula is C11H8N2O3. The number of hydrogen-bond donors (Lipinski definition) is 4. The summed E-state index contributed by atoms with van der Waals surface area (Å²) < 4.78 is 0. The van der Waals surface area contributed by atoms with Crippen molar-refractivity contribution < 1.29 is 15.0 Å². The van der Waals surface area contributed by atoms with E-state index in [0.717, 1.165) is 16.3 Å². The Balaban J connectivity index is 2.40. The first-order chi connectivity index (χ1) is 7.65. The number of carbonyl (C=O) groups is 1. The van der Waals surface area contributed by atoms with Crippen LogP contribution in [0.15, 0.2) is 24.3 Å². The number of aromatic amines is 2. The molecule has 2 aromatic heterocycles. The third-order valence-corrected chi connectivity index (χ3v) is 2.60. The largest absolute Gasteiger partial charge is 0.508 e. The van der Waals surface area contributed by atoms with Crippen LogP contribution in [0.3, 0.4) is 0 Å². The highest BCUT2D eigenvalue weighted by Crippen LogP contribution is 2.28. The summed E-state index contributed by atoms with van der Waals surface area (Å²) in [6.45, 7) is 0. The van der Waals surface area contributed by atoms with Gasteiger partial charge in [-0.15, -0.1) is 0 Å². The van der Waals surface area contributed by atoms with Crippen LogP contribution in [0.5, 0.6) is 5.75 Å². The molecule has 3 aromatic rings. The minimum Gasteiger partial charge on any atom is -0.508 e. The van der Waals surface area contributed by atoms with Gasteiger partial charge in [-0.05, 0) is 24.3 Å². The molecule has 0 aliphatic rings. The van der Waals surface area contributed by atoms with Crippen LogP contribution in [0, 0.1) is 0 Å². The van der Waals surface area contributed by atoms with Gasteiger partial charge in [0.2, 0.25) is 0 Å². The first-order valence-corrected chi connectivity index (χ1v) is 4.72. The van der Waals surface area contributed by atoms with Gasteiger partial charge < -0.3 is 20.2 Å². The van der Waals surface area contributed by atoms with Crippen LogP contribution in [0.4, 0.5) is 0 Å². The van der Waals surface area contributed by atoms with Crippen LogP contribution in [-0.4, -0.2) is 26.2 Å². The highest BCUT2D eigenvalue weighted by molar-refractivity contribution is 6.09. The first kappa shape index (κ1) is 8.84. The number of carboxylic acid groups (broad SMARTS) is 1. The maximum absolute atomic E-state index is 10.8. The molecule has 5 nitrogen and oxygen atoms in total. The van der Waals surface area contributed by atoms with E-state index in [-0.39, 0.29) is 11.4 Å². The van der Waals surface area contributed by atoms with E-state index in [2.05, 4.69) is 9.97 Å². The van der Waals surface area contributed by atoms with Crippen LogP contribution < -0.4 is 0 Å². The van der Waals surface area contributed by atoms with Crippen LogP contribution in [-0.2, 0) is 0 Å². The summed E-state index contributed by atoms with van der Waals surface area (Å²) in [6.07, 6.45) is 0. The number of hydrogen-bond acceptors (Lipinski definition) is 2. The van der Waals surface area contributed by atoms with E-state index in [0.29, 0.717) is 5.65 Å². The Morgan fingerprint density at radius 1 is 1.12 bits per heavy atom. The minimum atomic E-state index is -1.00. The normalized spacial score (nSPS) is 11.2. The van der Waals surface area contributed by atoms with E-state index in [1.54, 1.807) is 24.3 Å². The maximum atomic E-state index is 10.8. The number of carboxylic acids is 1. The van der Waals surface area contributed by atoms with Gasteiger partial charge in [-0.2, -0.15) is 0 Å². The monoisotopic (exact) mass is 216 g/mol. The van der Waals surface area contributed by atoms with Crippen molar-refractivity contribution in [3.05, 3.63) is 30.0 Å². The molecule has 0 atom stereocenters. The minimum absolute atomic E-state index is 0.131. The Kier molecular flexibility index (Phi) is 1.54. The summed E-state index contributed by atoms with van der Waals surface area (Å²) >= 11 is 0. The molecule has 0 bridgehead atoms. The van der Waals surface area contributed by atoms with Crippen molar-refractivity contribution in [3.63, 3.8) is 0 Å².